The number of aromatic nitrogens is 2. The lowest BCUT2D eigenvalue weighted by molar-refractivity contribution is -0.00352. The van der Waals surface area contributed by atoms with E-state index in [-0.39, 0.29) is 6.04 Å². The Morgan fingerprint density at radius 1 is 1.42 bits per heavy atom. The summed E-state index contributed by atoms with van der Waals surface area (Å²) in [6.45, 7) is 8.99. The second-order valence-corrected chi connectivity index (χ2v) is 5.51. The third-order valence-electron chi connectivity index (χ3n) is 4.54. The van der Waals surface area contributed by atoms with Crippen LogP contribution in [0.4, 0.5) is 0 Å². The molecule has 1 aromatic heterocycles. The minimum Gasteiger partial charge on any atom is -0.335 e. The van der Waals surface area contributed by atoms with Crippen molar-refractivity contribution >= 4 is 0 Å². The highest BCUT2D eigenvalue weighted by Gasteiger charge is 2.36. The van der Waals surface area contributed by atoms with E-state index in [0.717, 1.165) is 25.3 Å². The van der Waals surface area contributed by atoms with E-state index < -0.39 is 0 Å². The summed E-state index contributed by atoms with van der Waals surface area (Å²) >= 11 is 0. The Bertz CT molecular complexity index is 409. The van der Waals surface area contributed by atoms with E-state index in [1.165, 1.54) is 26.2 Å². The zero-order valence-electron chi connectivity index (χ0n) is 11.6. The van der Waals surface area contributed by atoms with Gasteiger partial charge in [0.15, 0.2) is 0 Å². The van der Waals surface area contributed by atoms with Crippen molar-refractivity contribution in [1.82, 2.24) is 24.8 Å². The molecule has 6 nitrogen and oxygen atoms in total. The van der Waals surface area contributed by atoms with Crippen molar-refractivity contribution in [2.24, 2.45) is 5.84 Å². The fourth-order valence-corrected chi connectivity index (χ4v) is 3.36. The number of rotatable bonds is 5. The molecule has 1 aromatic rings. The first-order valence-corrected chi connectivity index (χ1v) is 7.24. The summed E-state index contributed by atoms with van der Waals surface area (Å²) < 4.78 is 2.20. The van der Waals surface area contributed by atoms with Crippen molar-refractivity contribution in [3.05, 3.63) is 18.2 Å². The first-order valence-electron chi connectivity index (χ1n) is 7.24. The quantitative estimate of drug-likeness (QED) is 0.543. The van der Waals surface area contributed by atoms with Crippen LogP contribution >= 0.6 is 0 Å². The highest BCUT2D eigenvalue weighted by atomic mass is 15.4. The van der Waals surface area contributed by atoms with Gasteiger partial charge < -0.3 is 4.57 Å². The number of aryl methyl sites for hydroxylation is 1. The Kier molecular flexibility index (Phi) is 3.83. The van der Waals surface area contributed by atoms with Crippen molar-refractivity contribution < 1.29 is 0 Å². The van der Waals surface area contributed by atoms with E-state index in [0.29, 0.717) is 6.04 Å². The van der Waals surface area contributed by atoms with E-state index in [4.69, 9.17) is 5.84 Å². The lowest BCUT2D eigenvalue weighted by Crippen LogP contribution is -2.67. The first-order chi connectivity index (χ1) is 9.31. The number of fused-ring (bicyclic) bond motifs is 3. The van der Waals surface area contributed by atoms with Crippen LogP contribution in [0.25, 0.3) is 0 Å². The van der Waals surface area contributed by atoms with E-state index in [9.17, 15) is 0 Å². The van der Waals surface area contributed by atoms with Gasteiger partial charge in [0.05, 0.1) is 0 Å². The number of hydrogen-bond donors (Lipinski definition) is 2. The molecule has 2 unspecified atom stereocenters. The van der Waals surface area contributed by atoms with Crippen LogP contribution in [-0.2, 0) is 13.0 Å². The number of nitrogens with two attached hydrogens (primary N) is 1. The topological polar surface area (TPSA) is 62.4 Å². The normalized spacial score (nSPS) is 31.6. The zero-order chi connectivity index (χ0) is 13.2. The van der Waals surface area contributed by atoms with E-state index in [1.54, 1.807) is 0 Å². The SMILES string of the molecule is CCn1ccnc1CC(NN)C1CN2CCN1CC2. The van der Waals surface area contributed by atoms with Crippen LogP contribution in [0, 0.1) is 0 Å². The first kappa shape index (κ1) is 13.1. The minimum absolute atomic E-state index is 0.274. The standard InChI is InChI=1S/C13H24N6/c1-2-18-4-3-15-13(18)9-11(16-14)12-10-17-5-7-19(12)8-6-17/h3-4,11-12,16H,2,5-10,14H2,1H3. The molecule has 2 bridgehead atoms. The number of hydrogen-bond acceptors (Lipinski definition) is 5. The van der Waals surface area contributed by atoms with Crippen molar-refractivity contribution in [3.8, 4) is 0 Å². The molecule has 0 saturated carbocycles. The Labute approximate surface area is 114 Å². The fourth-order valence-electron chi connectivity index (χ4n) is 3.36. The average molecular weight is 264 g/mol. The third-order valence-corrected chi connectivity index (χ3v) is 4.54. The van der Waals surface area contributed by atoms with Crippen LogP contribution in [0.3, 0.4) is 0 Å². The van der Waals surface area contributed by atoms with Gasteiger partial charge in [-0.3, -0.25) is 21.1 Å². The molecular weight excluding hydrogens is 240 g/mol. The van der Waals surface area contributed by atoms with E-state index in [1.807, 2.05) is 12.4 Å². The van der Waals surface area contributed by atoms with Gasteiger partial charge in [0, 0.05) is 70.2 Å². The molecule has 4 heterocycles. The van der Waals surface area contributed by atoms with Crippen LogP contribution in [0.1, 0.15) is 12.7 Å². The molecular formula is C13H24N6. The Morgan fingerprint density at radius 3 is 2.79 bits per heavy atom. The molecule has 19 heavy (non-hydrogen) atoms. The molecule has 106 valence electrons. The Morgan fingerprint density at radius 2 is 2.21 bits per heavy atom. The monoisotopic (exact) mass is 264 g/mol. The maximum atomic E-state index is 5.81. The summed E-state index contributed by atoms with van der Waals surface area (Å²) in [6.07, 6.45) is 4.81. The van der Waals surface area contributed by atoms with E-state index >= 15 is 0 Å². The molecule has 3 saturated heterocycles. The van der Waals surface area contributed by atoms with Crippen LogP contribution < -0.4 is 11.3 Å². The maximum absolute atomic E-state index is 5.81. The summed E-state index contributed by atoms with van der Waals surface area (Å²) in [5, 5.41) is 0. The smallest absolute Gasteiger partial charge is 0.110 e. The summed E-state index contributed by atoms with van der Waals surface area (Å²) in [5.74, 6) is 6.94. The number of nitrogens with one attached hydrogen (secondary N) is 1. The van der Waals surface area contributed by atoms with Crippen molar-refractivity contribution in [2.75, 3.05) is 32.7 Å². The lowest BCUT2D eigenvalue weighted by Gasteiger charge is -2.50. The second kappa shape index (κ2) is 5.58. The van der Waals surface area contributed by atoms with Gasteiger partial charge in [0.1, 0.15) is 5.82 Å². The van der Waals surface area contributed by atoms with Gasteiger partial charge in [-0.15, -0.1) is 0 Å². The van der Waals surface area contributed by atoms with Crippen LogP contribution in [0.5, 0.6) is 0 Å². The molecule has 0 aromatic carbocycles. The lowest BCUT2D eigenvalue weighted by atomic mass is 9.98. The van der Waals surface area contributed by atoms with Gasteiger partial charge in [0.2, 0.25) is 0 Å². The molecule has 6 heteroatoms. The largest absolute Gasteiger partial charge is 0.335 e. The van der Waals surface area contributed by atoms with E-state index in [2.05, 4.69) is 31.7 Å². The highest BCUT2D eigenvalue weighted by Crippen LogP contribution is 2.19. The molecule has 4 rings (SSSR count). The number of imidazole rings is 1. The van der Waals surface area contributed by atoms with Gasteiger partial charge in [0.25, 0.3) is 0 Å². The molecule has 0 aliphatic carbocycles. The maximum Gasteiger partial charge on any atom is 0.110 e. The van der Waals surface area contributed by atoms with Crippen molar-refractivity contribution in [1.29, 1.82) is 0 Å². The number of nitrogens with zero attached hydrogens (tertiary/aromatic N) is 4. The van der Waals surface area contributed by atoms with Gasteiger partial charge >= 0.3 is 0 Å². The average Bonchev–Trinajstić information content (AvgIpc) is 2.93. The Balaban J connectivity index is 1.71. The van der Waals surface area contributed by atoms with Gasteiger partial charge in [-0.05, 0) is 6.92 Å². The summed E-state index contributed by atoms with van der Waals surface area (Å²) in [6, 6.07) is 0.783. The van der Waals surface area contributed by atoms with Crippen molar-refractivity contribution in [3.63, 3.8) is 0 Å². The number of hydrazine groups is 1. The van der Waals surface area contributed by atoms with Crippen LogP contribution in [-0.4, -0.2) is 64.2 Å². The molecule has 0 amide bonds. The highest BCUT2D eigenvalue weighted by molar-refractivity contribution is 5.01. The molecule has 0 spiro atoms. The fraction of sp³-hybridized carbons (Fsp3) is 0.769. The third kappa shape index (κ3) is 2.53. The second-order valence-electron chi connectivity index (χ2n) is 5.51. The van der Waals surface area contributed by atoms with Crippen LogP contribution in [0.2, 0.25) is 0 Å². The molecule has 3 fully saturated rings. The summed E-state index contributed by atoms with van der Waals surface area (Å²) in [4.78, 5) is 9.58. The molecule has 0 radical (unpaired) electrons. The number of piperazine rings is 3. The predicted molar refractivity (Wildman–Crippen MR) is 74.5 cm³/mol. The summed E-state index contributed by atoms with van der Waals surface area (Å²) in [5.41, 5.74) is 3.02. The molecule has 2 atom stereocenters. The molecule has 3 N–H and O–H groups in total. The molecule has 3 aliphatic rings. The van der Waals surface area contributed by atoms with Gasteiger partial charge in [-0.1, -0.05) is 0 Å². The predicted octanol–water partition coefficient (Wildman–Crippen LogP) is -0.723. The Hall–Kier alpha value is -0.950. The minimum atomic E-state index is 0.274. The van der Waals surface area contributed by atoms with Gasteiger partial charge in [-0.2, -0.15) is 0 Å². The van der Waals surface area contributed by atoms with Crippen molar-refractivity contribution in [2.45, 2.75) is 32.0 Å². The summed E-state index contributed by atoms with van der Waals surface area (Å²) in [7, 11) is 0. The zero-order valence-corrected chi connectivity index (χ0v) is 11.6. The van der Waals surface area contributed by atoms with Crippen LogP contribution in [0.15, 0.2) is 12.4 Å². The van der Waals surface area contributed by atoms with Gasteiger partial charge in [-0.25, -0.2) is 4.98 Å². The molecule has 3 aliphatic heterocycles.